The summed E-state index contributed by atoms with van der Waals surface area (Å²) in [5.41, 5.74) is 0. The van der Waals surface area contributed by atoms with E-state index in [1.807, 2.05) is 4.90 Å². The van der Waals surface area contributed by atoms with Gasteiger partial charge in [-0.15, -0.1) is 0 Å². The van der Waals surface area contributed by atoms with Crippen LogP contribution in [-0.2, 0) is 9.84 Å². The molecule has 0 spiro atoms. The summed E-state index contributed by atoms with van der Waals surface area (Å²) in [6.07, 6.45) is 9.50. The summed E-state index contributed by atoms with van der Waals surface area (Å²) in [4.78, 5) is 10.6. The first-order chi connectivity index (χ1) is 10.1. The van der Waals surface area contributed by atoms with Crippen molar-refractivity contribution in [2.45, 2.75) is 38.2 Å². The van der Waals surface area contributed by atoms with Gasteiger partial charge in [0.2, 0.25) is 5.88 Å². The maximum atomic E-state index is 11.4. The number of rotatable bonds is 3. The fourth-order valence-corrected chi connectivity index (χ4v) is 4.03. The van der Waals surface area contributed by atoms with Gasteiger partial charge in [-0.05, 0) is 25.7 Å². The molecule has 0 amide bonds. The van der Waals surface area contributed by atoms with E-state index in [0.717, 1.165) is 18.7 Å². The van der Waals surface area contributed by atoms with Crippen LogP contribution in [0.25, 0.3) is 0 Å². The lowest BCUT2D eigenvalue weighted by atomic mass is 9.98. The summed E-state index contributed by atoms with van der Waals surface area (Å²) in [6.45, 7) is 0.972. The van der Waals surface area contributed by atoms with E-state index in [9.17, 15) is 8.42 Å². The topological polar surface area (TPSA) is 72.4 Å². The van der Waals surface area contributed by atoms with Crippen LogP contribution in [0.4, 0.5) is 5.82 Å². The molecule has 2 fully saturated rings. The zero-order valence-electron chi connectivity index (χ0n) is 12.1. The Morgan fingerprint density at radius 2 is 1.76 bits per heavy atom. The Labute approximate surface area is 125 Å². The van der Waals surface area contributed by atoms with Crippen molar-refractivity contribution in [1.82, 2.24) is 9.97 Å². The maximum absolute atomic E-state index is 11.4. The molecule has 0 atom stereocenters. The minimum absolute atomic E-state index is 0.189. The van der Waals surface area contributed by atoms with Gasteiger partial charge < -0.3 is 9.64 Å². The number of sulfone groups is 1. The number of ether oxygens (including phenoxy) is 1. The summed E-state index contributed by atoms with van der Waals surface area (Å²) in [7, 11) is -2.87. The van der Waals surface area contributed by atoms with Crippen LogP contribution in [0, 0.1) is 0 Å². The second-order valence-electron chi connectivity index (χ2n) is 5.73. The van der Waals surface area contributed by atoms with E-state index in [0.29, 0.717) is 19.0 Å². The average molecular weight is 311 g/mol. The Morgan fingerprint density at radius 1 is 1.05 bits per heavy atom. The van der Waals surface area contributed by atoms with Crippen LogP contribution in [0.1, 0.15) is 32.1 Å². The van der Waals surface area contributed by atoms with Crippen LogP contribution in [0.2, 0.25) is 0 Å². The molecule has 1 aliphatic heterocycles. The fraction of sp³-hybridized carbons (Fsp3) is 0.714. The van der Waals surface area contributed by atoms with Gasteiger partial charge in [-0.25, -0.2) is 18.4 Å². The molecule has 6 nitrogen and oxygen atoms in total. The third-order valence-corrected chi connectivity index (χ3v) is 5.73. The van der Waals surface area contributed by atoms with E-state index in [2.05, 4.69) is 9.97 Å². The Hall–Kier alpha value is -1.37. The van der Waals surface area contributed by atoms with Crippen molar-refractivity contribution < 1.29 is 13.2 Å². The summed E-state index contributed by atoms with van der Waals surface area (Å²) >= 11 is 0. The molecule has 2 heterocycles. The molecule has 3 rings (SSSR count). The standard InChI is InChI=1S/C14H21N3O3S/c18-21(19)8-6-17(7-9-21)13-10-16-14(11-15-13)20-12-4-2-1-3-5-12/h10-12H,1-9H2. The molecule has 0 unspecified atom stereocenters. The molecular formula is C14H21N3O3S. The molecule has 0 radical (unpaired) electrons. The van der Waals surface area contributed by atoms with Crippen LogP contribution in [0.5, 0.6) is 5.88 Å². The van der Waals surface area contributed by atoms with Gasteiger partial charge >= 0.3 is 0 Å². The first kappa shape index (κ1) is 14.6. The largest absolute Gasteiger partial charge is 0.473 e. The number of nitrogens with zero attached hydrogens (tertiary/aromatic N) is 3. The lowest BCUT2D eigenvalue weighted by molar-refractivity contribution is 0.148. The van der Waals surface area contributed by atoms with E-state index >= 15 is 0 Å². The predicted molar refractivity (Wildman–Crippen MR) is 80.4 cm³/mol. The lowest BCUT2D eigenvalue weighted by Crippen LogP contribution is -2.40. The molecule has 21 heavy (non-hydrogen) atoms. The van der Waals surface area contributed by atoms with Gasteiger partial charge in [0, 0.05) is 13.1 Å². The molecule has 116 valence electrons. The minimum atomic E-state index is -2.87. The van der Waals surface area contributed by atoms with Gasteiger partial charge in [0.25, 0.3) is 0 Å². The van der Waals surface area contributed by atoms with Crippen LogP contribution in [0.15, 0.2) is 12.4 Å². The summed E-state index contributed by atoms with van der Waals surface area (Å²) < 4.78 is 28.7. The minimum Gasteiger partial charge on any atom is -0.473 e. The van der Waals surface area contributed by atoms with E-state index in [-0.39, 0.29) is 17.6 Å². The molecule has 1 aliphatic carbocycles. The Kier molecular flexibility index (Phi) is 4.28. The molecule has 1 saturated carbocycles. The summed E-state index contributed by atoms with van der Waals surface area (Å²) in [6, 6.07) is 0. The second-order valence-corrected chi connectivity index (χ2v) is 8.03. The third-order valence-electron chi connectivity index (χ3n) is 4.12. The van der Waals surface area contributed by atoms with Crippen molar-refractivity contribution in [2.24, 2.45) is 0 Å². The number of hydrogen-bond acceptors (Lipinski definition) is 6. The van der Waals surface area contributed by atoms with Crippen molar-refractivity contribution in [3.8, 4) is 5.88 Å². The van der Waals surface area contributed by atoms with Crippen LogP contribution in [0.3, 0.4) is 0 Å². The average Bonchev–Trinajstić information content (AvgIpc) is 2.49. The Morgan fingerprint density at radius 3 is 2.38 bits per heavy atom. The third kappa shape index (κ3) is 3.84. The van der Waals surface area contributed by atoms with Crippen LogP contribution < -0.4 is 9.64 Å². The lowest BCUT2D eigenvalue weighted by Gasteiger charge is -2.27. The molecule has 0 bridgehead atoms. The smallest absolute Gasteiger partial charge is 0.232 e. The van der Waals surface area contributed by atoms with Gasteiger partial charge in [-0.1, -0.05) is 6.42 Å². The van der Waals surface area contributed by atoms with Crippen molar-refractivity contribution in [3.63, 3.8) is 0 Å². The molecule has 7 heteroatoms. The molecular weight excluding hydrogens is 290 g/mol. The number of hydrogen-bond donors (Lipinski definition) is 0. The quantitative estimate of drug-likeness (QED) is 0.841. The highest BCUT2D eigenvalue weighted by Gasteiger charge is 2.23. The Bertz CT molecular complexity index is 554. The molecule has 2 aliphatic rings. The van der Waals surface area contributed by atoms with Crippen LogP contribution >= 0.6 is 0 Å². The monoisotopic (exact) mass is 311 g/mol. The SMILES string of the molecule is O=S1(=O)CCN(c2cnc(OC3CCCCC3)cn2)CC1. The van der Waals surface area contributed by atoms with E-state index in [4.69, 9.17) is 4.74 Å². The van der Waals surface area contributed by atoms with Gasteiger partial charge in [0.15, 0.2) is 9.84 Å². The zero-order chi connectivity index (χ0) is 14.7. The molecule has 0 N–H and O–H groups in total. The fourth-order valence-electron chi connectivity index (χ4n) is 2.83. The van der Waals surface area contributed by atoms with Crippen molar-refractivity contribution >= 4 is 15.7 Å². The highest BCUT2D eigenvalue weighted by Crippen LogP contribution is 2.22. The van der Waals surface area contributed by atoms with Gasteiger partial charge in [0.1, 0.15) is 11.9 Å². The molecule has 1 aromatic heterocycles. The highest BCUT2D eigenvalue weighted by atomic mass is 32.2. The second kappa shape index (κ2) is 6.17. The van der Waals surface area contributed by atoms with E-state index < -0.39 is 9.84 Å². The highest BCUT2D eigenvalue weighted by molar-refractivity contribution is 7.91. The van der Waals surface area contributed by atoms with Crippen molar-refractivity contribution in [3.05, 3.63) is 12.4 Å². The van der Waals surface area contributed by atoms with Crippen molar-refractivity contribution in [1.29, 1.82) is 0 Å². The van der Waals surface area contributed by atoms with E-state index in [1.54, 1.807) is 12.4 Å². The number of aromatic nitrogens is 2. The first-order valence-corrected chi connectivity index (χ1v) is 9.39. The van der Waals surface area contributed by atoms with E-state index in [1.165, 1.54) is 19.3 Å². The van der Waals surface area contributed by atoms with Gasteiger partial charge in [0.05, 0.1) is 23.9 Å². The maximum Gasteiger partial charge on any atom is 0.232 e. The molecule has 0 aromatic carbocycles. The zero-order valence-corrected chi connectivity index (χ0v) is 12.9. The normalized spacial score (nSPS) is 23.0. The first-order valence-electron chi connectivity index (χ1n) is 7.56. The number of anilines is 1. The molecule has 1 aromatic rings. The summed E-state index contributed by atoms with van der Waals surface area (Å²) in [5, 5.41) is 0. The predicted octanol–water partition coefficient (Wildman–Crippen LogP) is 1.42. The van der Waals surface area contributed by atoms with Crippen molar-refractivity contribution in [2.75, 3.05) is 29.5 Å². The van der Waals surface area contributed by atoms with Crippen LogP contribution in [-0.4, -0.2) is 49.1 Å². The van der Waals surface area contributed by atoms with Gasteiger partial charge in [-0.3, -0.25) is 0 Å². The Balaban J connectivity index is 1.59. The molecule has 1 saturated heterocycles. The van der Waals surface area contributed by atoms with Gasteiger partial charge in [-0.2, -0.15) is 0 Å². The summed E-state index contributed by atoms with van der Waals surface area (Å²) in [5.74, 6) is 1.67.